The van der Waals surface area contributed by atoms with Crippen LogP contribution in [-0.2, 0) is 9.53 Å². The Hall–Kier alpha value is -0.570. The number of aliphatic hydroxyl groups is 1. The first-order valence-electron chi connectivity index (χ1n) is 10.7. The molecule has 0 bridgehead atoms. The van der Waals surface area contributed by atoms with Crippen molar-refractivity contribution in [2.24, 2.45) is 0 Å². The molecular weight excluding hydrogens is 312 g/mol. The second-order valence-electron chi connectivity index (χ2n) is 8.46. The Bertz CT molecular complexity index is 307. The predicted octanol–water partition coefficient (Wildman–Crippen LogP) is 6.56. The van der Waals surface area contributed by atoms with Gasteiger partial charge in [-0.1, -0.05) is 77.6 Å². The molecule has 0 aliphatic rings. The van der Waals surface area contributed by atoms with E-state index >= 15 is 0 Å². The average Bonchev–Trinajstić information content (AvgIpc) is 2.51. The van der Waals surface area contributed by atoms with Crippen LogP contribution in [0, 0.1) is 0 Å². The smallest absolute Gasteiger partial charge is 0.306 e. The van der Waals surface area contributed by atoms with Crippen LogP contribution >= 0.6 is 0 Å². The summed E-state index contributed by atoms with van der Waals surface area (Å²) in [5.74, 6) is -0.0654. The Morgan fingerprint density at radius 1 is 0.800 bits per heavy atom. The molecule has 25 heavy (non-hydrogen) atoms. The van der Waals surface area contributed by atoms with Gasteiger partial charge in [0.2, 0.25) is 0 Å². The second-order valence-corrected chi connectivity index (χ2v) is 8.46. The van der Waals surface area contributed by atoms with Crippen LogP contribution in [0.1, 0.15) is 124 Å². The van der Waals surface area contributed by atoms with E-state index in [2.05, 4.69) is 6.92 Å². The van der Waals surface area contributed by atoms with Gasteiger partial charge in [0.05, 0.1) is 6.10 Å². The Kier molecular flexibility index (Phi) is 15.3. The summed E-state index contributed by atoms with van der Waals surface area (Å²) in [5.41, 5.74) is -0.358. The first kappa shape index (κ1) is 24.4. The van der Waals surface area contributed by atoms with Crippen LogP contribution in [-0.4, -0.2) is 22.8 Å². The minimum absolute atomic E-state index is 0.0654. The van der Waals surface area contributed by atoms with E-state index in [1.165, 1.54) is 64.2 Å². The molecule has 0 aromatic rings. The molecule has 0 aliphatic heterocycles. The molecule has 0 amide bonds. The third kappa shape index (κ3) is 19.6. The molecule has 0 spiro atoms. The lowest BCUT2D eigenvalue weighted by molar-refractivity contribution is -0.154. The van der Waals surface area contributed by atoms with E-state index < -0.39 is 0 Å². The Labute approximate surface area is 156 Å². The molecule has 1 N–H and O–H groups in total. The van der Waals surface area contributed by atoms with E-state index in [4.69, 9.17) is 4.74 Å². The SMILES string of the molecule is CCCCCC(O)CCCCCCCCCCCC(=O)OC(C)(C)C. The standard InChI is InChI=1S/C22H44O3/c1-5-6-14-17-20(23)18-15-12-10-8-7-9-11-13-16-19-21(24)25-22(2,3)4/h20,23H,5-19H2,1-4H3. The molecule has 0 rings (SSSR count). The van der Waals surface area contributed by atoms with Crippen LogP contribution in [0.4, 0.5) is 0 Å². The molecule has 0 fully saturated rings. The number of rotatable bonds is 16. The minimum Gasteiger partial charge on any atom is -0.460 e. The summed E-state index contributed by atoms with van der Waals surface area (Å²) >= 11 is 0. The topological polar surface area (TPSA) is 46.5 Å². The van der Waals surface area contributed by atoms with Crippen LogP contribution in [0.3, 0.4) is 0 Å². The Balaban J connectivity index is 3.25. The zero-order chi connectivity index (χ0) is 19.0. The number of hydrogen-bond acceptors (Lipinski definition) is 3. The summed E-state index contributed by atoms with van der Waals surface area (Å²) in [4.78, 5) is 11.6. The third-order valence-electron chi connectivity index (χ3n) is 4.48. The summed E-state index contributed by atoms with van der Waals surface area (Å²) in [6, 6.07) is 0. The number of hydrogen-bond donors (Lipinski definition) is 1. The Morgan fingerprint density at radius 2 is 1.24 bits per heavy atom. The quantitative estimate of drug-likeness (QED) is 0.251. The van der Waals surface area contributed by atoms with E-state index in [0.29, 0.717) is 6.42 Å². The zero-order valence-corrected chi connectivity index (χ0v) is 17.4. The van der Waals surface area contributed by atoms with Crippen molar-refractivity contribution in [3.63, 3.8) is 0 Å². The molecule has 1 atom stereocenters. The molecule has 0 radical (unpaired) electrons. The summed E-state index contributed by atoms with van der Waals surface area (Å²) in [6.07, 6.45) is 17.0. The van der Waals surface area contributed by atoms with Crippen molar-refractivity contribution in [3.8, 4) is 0 Å². The van der Waals surface area contributed by atoms with Gasteiger partial charge in [-0.05, 0) is 40.0 Å². The number of unbranched alkanes of at least 4 members (excludes halogenated alkanes) is 10. The van der Waals surface area contributed by atoms with Gasteiger partial charge in [-0.25, -0.2) is 0 Å². The molecule has 150 valence electrons. The monoisotopic (exact) mass is 356 g/mol. The average molecular weight is 357 g/mol. The maximum atomic E-state index is 11.6. The van der Waals surface area contributed by atoms with Gasteiger partial charge in [0, 0.05) is 6.42 Å². The summed E-state index contributed by atoms with van der Waals surface area (Å²) < 4.78 is 5.31. The van der Waals surface area contributed by atoms with Crippen LogP contribution in [0.5, 0.6) is 0 Å². The molecular formula is C22H44O3. The maximum Gasteiger partial charge on any atom is 0.306 e. The van der Waals surface area contributed by atoms with E-state index in [1.54, 1.807) is 0 Å². The van der Waals surface area contributed by atoms with E-state index in [0.717, 1.165) is 25.7 Å². The largest absolute Gasteiger partial charge is 0.460 e. The molecule has 3 heteroatoms. The number of aliphatic hydroxyl groups excluding tert-OH is 1. The van der Waals surface area contributed by atoms with Gasteiger partial charge in [-0.3, -0.25) is 4.79 Å². The van der Waals surface area contributed by atoms with Gasteiger partial charge >= 0.3 is 5.97 Å². The first-order valence-corrected chi connectivity index (χ1v) is 10.7. The fraction of sp³-hybridized carbons (Fsp3) is 0.955. The number of carbonyl (C=O) groups is 1. The second kappa shape index (κ2) is 15.7. The highest BCUT2D eigenvalue weighted by Crippen LogP contribution is 2.15. The fourth-order valence-corrected chi connectivity index (χ4v) is 3.05. The van der Waals surface area contributed by atoms with Crippen molar-refractivity contribution in [2.75, 3.05) is 0 Å². The normalized spacial score (nSPS) is 13.0. The highest BCUT2D eigenvalue weighted by Gasteiger charge is 2.15. The molecule has 0 aromatic carbocycles. The lowest BCUT2D eigenvalue weighted by Crippen LogP contribution is -2.23. The number of ether oxygens (including phenoxy) is 1. The molecule has 0 aromatic heterocycles. The summed E-state index contributed by atoms with van der Waals surface area (Å²) in [5, 5.41) is 9.87. The van der Waals surface area contributed by atoms with E-state index in [9.17, 15) is 9.90 Å². The number of esters is 1. The predicted molar refractivity (Wildman–Crippen MR) is 107 cm³/mol. The summed E-state index contributed by atoms with van der Waals surface area (Å²) in [7, 11) is 0. The number of carbonyl (C=O) groups excluding carboxylic acids is 1. The van der Waals surface area contributed by atoms with Crippen LogP contribution < -0.4 is 0 Å². The van der Waals surface area contributed by atoms with Crippen molar-refractivity contribution in [3.05, 3.63) is 0 Å². The van der Waals surface area contributed by atoms with Crippen LogP contribution in [0.2, 0.25) is 0 Å². The van der Waals surface area contributed by atoms with Crippen molar-refractivity contribution in [2.45, 2.75) is 136 Å². The fourth-order valence-electron chi connectivity index (χ4n) is 3.05. The lowest BCUT2D eigenvalue weighted by Gasteiger charge is -2.19. The van der Waals surface area contributed by atoms with Gasteiger partial charge in [0.25, 0.3) is 0 Å². The van der Waals surface area contributed by atoms with Gasteiger partial charge < -0.3 is 9.84 Å². The van der Waals surface area contributed by atoms with E-state index in [1.807, 2.05) is 20.8 Å². The van der Waals surface area contributed by atoms with Crippen LogP contribution in [0.15, 0.2) is 0 Å². The molecule has 0 saturated carbocycles. The van der Waals surface area contributed by atoms with Crippen molar-refractivity contribution in [1.82, 2.24) is 0 Å². The van der Waals surface area contributed by atoms with Gasteiger partial charge in [0.1, 0.15) is 5.60 Å². The highest BCUT2D eigenvalue weighted by atomic mass is 16.6. The molecule has 0 saturated heterocycles. The highest BCUT2D eigenvalue weighted by molar-refractivity contribution is 5.69. The minimum atomic E-state index is -0.358. The van der Waals surface area contributed by atoms with Gasteiger partial charge in [-0.2, -0.15) is 0 Å². The third-order valence-corrected chi connectivity index (χ3v) is 4.48. The molecule has 0 heterocycles. The lowest BCUT2D eigenvalue weighted by atomic mass is 10.0. The summed E-state index contributed by atoms with van der Waals surface area (Å²) in [6.45, 7) is 7.95. The van der Waals surface area contributed by atoms with Gasteiger partial charge in [-0.15, -0.1) is 0 Å². The van der Waals surface area contributed by atoms with Crippen molar-refractivity contribution < 1.29 is 14.6 Å². The Morgan fingerprint density at radius 3 is 1.72 bits per heavy atom. The molecule has 3 nitrogen and oxygen atoms in total. The first-order chi connectivity index (χ1) is 11.8. The van der Waals surface area contributed by atoms with E-state index in [-0.39, 0.29) is 17.7 Å². The van der Waals surface area contributed by atoms with Crippen molar-refractivity contribution >= 4 is 5.97 Å². The van der Waals surface area contributed by atoms with Crippen molar-refractivity contribution in [1.29, 1.82) is 0 Å². The van der Waals surface area contributed by atoms with Gasteiger partial charge in [0.15, 0.2) is 0 Å². The van der Waals surface area contributed by atoms with Crippen LogP contribution in [0.25, 0.3) is 0 Å². The zero-order valence-electron chi connectivity index (χ0n) is 17.4. The maximum absolute atomic E-state index is 11.6. The molecule has 0 aliphatic carbocycles. The molecule has 1 unspecified atom stereocenters.